The van der Waals surface area contributed by atoms with Crippen molar-refractivity contribution in [2.24, 2.45) is 0 Å². The van der Waals surface area contributed by atoms with E-state index in [2.05, 4.69) is 215 Å². The van der Waals surface area contributed by atoms with Crippen molar-refractivity contribution in [2.45, 2.75) is 52.4 Å². The summed E-state index contributed by atoms with van der Waals surface area (Å²) in [5.74, 6) is 0. The molecule has 0 unspecified atom stereocenters. The van der Waals surface area contributed by atoms with E-state index in [1.54, 1.807) is 0 Å². The van der Waals surface area contributed by atoms with E-state index in [1.807, 2.05) is 0 Å². The van der Waals surface area contributed by atoms with E-state index in [0.717, 1.165) is 11.4 Å². The summed E-state index contributed by atoms with van der Waals surface area (Å²) in [4.78, 5) is 0. The monoisotopic (exact) mass is 746 g/mol. The maximum atomic E-state index is 4.12. The molecule has 1 N–H and O–H groups in total. The maximum absolute atomic E-state index is 4.12. The first-order chi connectivity index (χ1) is 28.0. The van der Waals surface area contributed by atoms with E-state index in [9.17, 15) is 0 Å². The van der Waals surface area contributed by atoms with Crippen LogP contribution in [0.4, 0.5) is 11.4 Å². The molecule has 2 aromatic heterocycles. The van der Waals surface area contributed by atoms with Crippen molar-refractivity contribution in [3.8, 4) is 55.6 Å². The molecule has 0 radical (unpaired) electrons. The molecule has 0 saturated carbocycles. The van der Waals surface area contributed by atoms with Crippen LogP contribution in [0.25, 0.3) is 93.7 Å². The lowest BCUT2D eigenvalue weighted by Crippen LogP contribution is -2.12. The Morgan fingerprint density at radius 1 is 0.379 bits per heavy atom. The van der Waals surface area contributed by atoms with Gasteiger partial charge in [-0.25, -0.2) is 0 Å². The van der Waals surface area contributed by atoms with E-state index < -0.39 is 0 Å². The van der Waals surface area contributed by atoms with Crippen molar-refractivity contribution in [3.63, 3.8) is 0 Å². The lowest BCUT2D eigenvalue weighted by atomic mass is 9.82. The molecular weight excluding hydrogens is 701 g/mol. The molecule has 280 valence electrons. The van der Waals surface area contributed by atoms with E-state index in [-0.39, 0.29) is 10.8 Å². The number of para-hydroxylation sites is 1. The number of nitrogens with one attached hydrogen (secondary N) is 1. The van der Waals surface area contributed by atoms with Crippen LogP contribution in [-0.4, -0.2) is 4.40 Å². The zero-order valence-electron chi connectivity index (χ0n) is 34.0. The Balaban J connectivity index is 1.27. The Morgan fingerprint density at radius 3 is 1.55 bits per heavy atom. The largest absolute Gasteiger partial charge is 0.354 e. The van der Waals surface area contributed by atoms with Gasteiger partial charge in [-0.2, -0.15) is 0 Å². The minimum atomic E-state index is -0.0152. The normalized spacial score (nSPS) is 12.8. The van der Waals surface area contributed by atoms with Gasteiger partial charge in [0.25, 0.3) is 0 Å². The molecule has 0 amide bonds. The molecule has 0 aliphatic carbocycles. The van der Waals surface area contributed by atoms with Crippen LogP contribution in [0.15, 0.2) is 164 Å². The van der Waals surface area contributed by atoms with Gasteiger partial charge in [0, 0.05) is 44.0 Å². The Bertz CT molecular complexity index is 3180. The number of hydrogen-bond donors (Lipinski definition) is 1. The molecule has 0 atom stereocenters. The minimum absolute atomic E-state index is 0.0152. The molecule has 2 nitrogen and oxygen atoms in total. The summed E-state index contributed by atoms with van der Waals surface area (Å²) < 4.78 is 2.56. The van der Waals surface area contributed by atoms with Crippen molar-refractivity contribution in [2.75, 3.05) is 5.32 Å². The Kier molecular flexibility index (Phi) is 7.41. The summed E-state index contributed by atoms with van der Waals surface area (Å²) in [5.41, 5.74) is 20.9. The van der Waals surface area contributed by atoms with E-state index in [4.69, 9.17) is 0 Å². The molecule has 58 heavy (non-hydrogen) atoms. The summed E-state index contributed by atoms with van der Waals surface area (Å²) in [7, 11) is 0. The van der Waals surface area contributed by atoms with Gasteiger partial charge >= 0.3 is 0 Å². The molecule has 2 bridgehead atoms. The fourth-order valence-corrected chi connectivity index (χ4v) is 9.62. The topological polar surface area (TPSA) is 16.4 Å². The standard InChI is InChI=1S/C56H46N2/c1-55(2,3)37-25-28-42-46-33-45(53-44-29-26-38(56(4,5)6)32-50(44)58-49-23-14-13-20-43(49)52(46)54(53)58)41-27-24-36(30-47(41)57-48(42)31-37)51-39(34-16-9-7-10-17-34)21-15-22-40(51)35-18-11-8-12-19-35/h7-33,57H,1-6H3. The van der Waals surface area contributed by atoms with Gasteiger partial charge in [-0.05, 0) is 96.8 Å². The van der Waals surface area contributed by atoms with Gasteiger partial charge in [-0.1, -0.05) is 175 Å². The summed E-state index contributed by atoms with van der Waals surface area (Å²) in [6.45, 7) is 13.9. The summed E-state index contributed by atoms with van der Waals surface area (Å²) >= 11 is 0. The number of rotatable bonds is 3. The second kappa shape index (κ2) is 12.4. The van der Waals surface area contributed by atoms with E-state index in [1.165, 1.54) is 105 Å². The highest BCUT2D eigenvalue weighted by molar-refractivity contribution is 6.31. The number of benzene rings is 8. The highest BCUT2D eigenvalue weighted by atomic mass is 14.9. The third-order valence-electron chi connectivity index (χ3n) is 12.6. The molecule has 2 heteroatoms. The molecular formula is C56H46N2. The summed E-state index contributed by atoms with van der Waals surface area (Å²) in [6.07, 6.45) is 0. The first-order valence-corrected chi connectivity index (χ1v) is 20.6. The molecule has 10 aromatic rings. The highest BCUT2D eigenvalue weighted by Crippen LogP contribution is 2.53. The van der Waals surface area contributed by atoms with Gasteiger partial charge in [0.2, 0.25) is 0 Å². The quantitative estimate of drug-likeness (QED) is 0.190. The van der Waals surface area contributed by atoms with Crippen molar-refractivity contribution >= 4 is 49.5 Å². The molecule has 0 spiro atoms. The minimum Gasteiger partial charge on any atom is -0.354 e. The molecule has 3 heterocycles. The Morgan fingerprint density at radius 2 is 0.914 bits per heavy atom. The SMILES string of the molecule is CC(C)(C)c1ccc2c(c1)Nc1cc(-c3c(-c4ccccc4)cccc3-c3ccccc3)ccc1-c1cc-2c2c3ccccc3n3c4cc(C(C)(C)C)ccc4c1c23. The predicted octanol–water partition coefficient (Wildman–Crippen LogP) is 15.8. The van der Waals surface area contributed by atoms with E-state index in [0.29, 0.717) is 0 Å². The Labute approximate surface area is 340 Å². The zero-order chi connectivity index (χ0) is 39.5. The first kappa shape index (κ1) is 34.6. The zero-order valence-corrected chi connectivity index (χ0v) is 34.0. The van der Waals surface area contributed by atoms with Crippen molar-refractivity contribution in [3.05, 3.63) is 175 Å². The van der Waals surface area contributed by atoms with Gasteiger partial charge in [-0.15, -0.1) is 0 Å². The molecule has 0 fully saturated rings. The smallest absolute Gasteiger partial charge is 0.0633 e. The van der Waals surface area contributed by atoms with Crippen molar-refractivity contribution in [1.82, 2.24) is 4.40 Å². The second-order valence-electron chi connectivity index (χ2n) is 18.3. The van der Waals surface area contributed by atoms with E-state index >= 15 is 0 Å². The number of aromatic nitrogens is 1. The third-order valence-corrected chi connectivity index (χ3v) is 12.6. The summed E-state index contributed by atoms with van der Waals surface area (Å²) in [5, 5.41) is 9.33. The van der Waals surface area contributed by atoms with Crippen molar-refractivity contribution < 1.29 is 0 Å². The van der Waals surface area contributed by atoms with Crippen LogP contribution in [-0.2, 0) is 10.8 Å². The number of hydrogen-bond acceptors (Lipinski definition) is 1. The molecule has 11 rings (SSSR count). The lowest BCUT2D eigenvalue weighted by Gasteiger charge is -2.26. The van der Waals surface area contributed by atoms with Gasteiger partial charge in [0.05, 0.1) is 16.6 Å². The maximum Gasteiger partial charge on any atom is 0.0633 e. The predicted molar refractivity (Wildman–Crippen MR) is 249 cm³/mol. The first-order valence-electron chi connectivity index (χ1n) is 20.6. The fraction of sp³-hybridized carbons (Fsp3) is 0.143. The average molecular weight is 747 g/mol. The fourth-order valence-electron chi connectivity index (χ4n) is 9.62. The van der Waals surface area contributed by atoms with Gasteiger partial charge < -0.3 is 9.72 Å². The summed E-state index contributed by atoms with van der Waals surface area (Å²) in [6, 6.07) is 61.3. The van der Waals surface area contributed by atoms with Crippen LogP contribution in [0.5, 0.6) is 0 Å². The van der Waals surface area contributed by atoms with Gasteiger partial charge in [0.15, 0.2) is 0 Å². The lowest BCUT2D eigenvalue weighted by molar-refractivity contribution is 0.590. The van der Waals surface area contributed by atoms with Crippen LogP contribution in [0, 0.1) is 0 Å². The van der Waals surface area contributed by atoms with Crippen LogP contribution in [0.1, 0.15) is 52.7 Å². The average Bonchev–Trinajstić information content (AvgIpc) is 3.75. The van der Waals surface area contributed by atoms with Crippen LogP contribution < -0.4 is 5.32 Å². The van der Waals surface area contributed by atoms with Crippen molar-refractivity contribution in [1.29, 1.82) is 0 Å². The highest BCUT2D eigenvalue weighted by Gasteiger charge is 2.29. The molecule has 1 aliphatic rings. The number of anilines is 2. The van der Waals surface area contributed by atoms with Gasteiger partial charge in [-0.3, -0.25) is 0 Å². The number of nitrogens with zero attached hydrogens (tertiary/aromatic N) is 1. The molecule has 8 aromatic carbocycles. The van der Waals surface area contributed by atoms with Crippen LogP contribution in [0.3, 0.4) is 0 Å². The molecule has 1 aliphatic heterocycles. The number of fused-ring (bicyclic) bond motifs is 14. The van der Waals surface area contributed by atoms with Gasteiger partial charge in [0.1, 0.15) is 0 Å². The second-order valence-corrected chi connectivity index (χ2v) is 18.3. The third kappa shape index (κ3) is 5.17. The Hall–Kier alpha value is -6.64. The molecule has 0 saturated heterocycles. The van der Waals surface area contributed by atoms with Crippen LogP contribution in [0.2, 0.25) is 0 Å². The van der Waals surface area contributed by atoms with Crippen LogP contribution >= 0.6 is 0 Å².